The van der Waals surface area contributed by atoms with Crippen LogP contribution in [0.25, 0.3) is 5.65 Å². The molecule has 0 unspecified atom stereocenters. The molecule has 2 saturated heterocycles. The molecule has 6 nitrogen and oxygen atoms in total. The Kier molecular flexibility index (Phi) is 5.11. The molecule has 1 aliphatic carbocycles. The van der Waals surface area contributed by atoms with Gasteiger partial charge in [-0.15, -0.1) is 0 Å². The molecular weight excluding hydrogens is 410 g/mol. The number of aromatic nitrogens is 3. The zero-order valence-corrected chi connectivity index (χ0v) is 19.7. The molecular formula is C27H33N5O. The maximum absolute atomic E-state index is 13.5. The summed E-state index contributed by atoms with van der Waals surface area (Å²) in [5.74, 6) is 2.61. The standard InChI is InChI=1S/C27H33N5O/c1-18-12-14-30(16-18)26-19(2)17-32-25(28-26)15-23(29-32)24-5-3-4-13-31(24)27(33)22-10-8-21(9-11-22)20-6-7-20/h8-11,15,17-18,20,24H,3-7,12-14,16H2,1-2H3/t18-,24-/m0/s1. The molecule has 0 spiro atoms. The van der Waals surface area contributed by atoms with Gasteiger partial charge in [0.25, 0.3) is 5.91 Å². The van der Waals surface area contributed by atoms with E-state index in [-0.39, 0.29) is 11.9 Å². The Hall–Kier alpha value is -2.89. The lowest BCUT2D eigenvalue weighted by Crippen LogP contribution is -2.38. The van der Waals surface area contributed by atoms with Gasteiger partial charge in [0.15, 0.2) is 5.65 Å². The Labute approximate surface area is 195 Å². The lowest BCUT2D eigenvalue weighted by Gasteiger charge is -2.34. The molecule has 2 aromatic heterocycles. The summed E-state index contributed by atoms with van der Waals surface area (Å²) in [5.41, 5.74) is 5.13. The van der Waals surface area contributed by atoms with Crippen molar-refractivity contribution in [3.8, 4) is 0 Å². The van der Waals surface area contributed by atoms with Crippen molar-refractivity contribution < 1.29 is 4.79 Å². The van der Waals surface area contributed by atoms with Crippen molar-refractivity contribution in [1.82, 2.24) is 19.5 Å². The Balaban J connectivity index is 1.28. The van der Waals surface area contributed by atoms with E-state index in [1.54, 1.807) is 0 Å². The summed E-state index contributed by atoms with van der Waals surface area (Å²) >= 11 is 0. The first-order chi connectivity index (χ1) is 16.1. The number of fused-ring (bicyclic) bond motifs is 1. The maximum Gasteiger partial charge on any atom is 0.254 e. The van der Waals surface area contributed by atoms with E-state index in [1.807, 2.05) is 21.5 Å². The summed E-state index contributed by atoms with van der Waals surface area (Å²) in [6.45, 7) is 7.34. The van der Waals surface area contributed by atoms with E-state index in [1.165, 1.54) is 24.8 Å². The molecule has 0 radical (unpaired) electrons. The first kappa shape index (κ1) is 20.7. The molecule has 6 heteroatoms. The van der Waals surface area contributed by atoms with Crippen LogP contribution in [0.1, 0.15) is 84.6 Å². The van der Waals surface area contributed by atoms with Crippen LogP contribution in [0.3, 0.4) is 0 Å². The van der Waals surface area contributed by atoms with Crippen LogP contribution in [0, 0.1) is 12.8 Å². The quantitative estimate of drug-likeness (QED) is 0.561. The molecule has 1 amide bonds. The fraction of sp³-hybridized carbons (Fsp3) is 0.519. The van der Waals surface area contributed by atoms with Crippen LogP contribution in [0.2, 0.25) is 0 Å². The fourth-order valence-corrected chi connectivity index (χ4v) is 5.59. The summed E-state index contributed by atoms with van der Waals surface area (Å²) in [6.07, 6.45) is 8.98. The number of likely N-dealkylation sites (tertiary alicyclic amines) is 1. The smallest absolute Gasteiger partial charge is 0.254 e. The third kappa shape index (κ3) is 3.90. The average Bonchev–Trinajstić information content (AvgIpc) is 3.47. The molecule has 1 saturated carbocycles. The first-order valence-electron chi connectivity index (χ1n) is 12.6. The second-order valence-electron chi connectivity index (χ2n) is 10.4. The number of rotatable bonds is 4. The van der Waals surface area contributed by atoms with Gasteiger partial charge >= 0.3 is 0 Å². The van der Waals surface area contributed by atoms with Gasteiger partial charge in [-0.25, -0.2) is 9.50 Å². The summed E-state index contributed by atoms with van der Waals surface area (Å²) < 4.78 is 1.90. The minimum Gasteiger partial charge on any atom is -0.356 e. The molecule has 0 bridgehead atoms. The van der Waals surface area contributed by atoms with Crippen LogP contribution in [0.15, 0.2) is 36.5 Å². The summed E-state index contributed by atoms with van der Waals surface area (Å²) in [6, 6.07) is 10.4. The number of amides is 1. The third-order valence-corrected chi connectivity index (χ3v) is 7.66. The van der Waals surface area contributed by atoms with E-state index in [9.17, 15) is 4.79 Å². The molecule has 172 valence electrons. The Bertz CT molecular complexity index is 1180. The molecule has 3 fully saturated rings. The molecule has 1 aromatic carbocycles. The number of anilines is 1. The minimum absolute atomic E-state index is 0.00613. The van der Waals surface area contributed by atoms with Crippen LogP contribution in [0.4, 0.5) is 5.82 Å². The van der Waals surface area contributed by atoms with Crippen LogP contribution in [-0.2, 0) is 0 Å². The van der Waals surface area contributed by atoms with Gasteiger partial charge in [-0.05, 0) is 75.0 Å². The highest BCUT2D eigenvalue weighted by Crippen LogP contribution is 2.40. The largest absolute Gasteiger partial charge is 0.356 e. The number of carbonyl (C=O) groups is 1. The summed E-state index contributed by atoms with van der Waals surface area (Å²) in [4.78, 5) is 22.9. The topological polar surface area (TPSA) is 53.7 Å². The molecule has 3 aromatic rings. The molecule has 0 N–H and O–H groups in total. The van der Waals surface area contributed by atoms with Crippen molar-refractivity contribution >= 4 is 17.4 Å². The van der Waals surface area contributed by atoms with Crippen molar-refractivity contribution in [3.05, 3.63) is 58.9 Å². The van der Waals surface area contributed by atoms with E-state index in [0.29, 0.717) is 11.8 Å². The van der Waals surface area contributed by atoms with Gasteiger partial charge in [-0.3, -0.25) is 4.79 Å². The normalized spacial score (nSPS) is 23.5. The highest BCUT2D eigenvalue weighted by Gasteiger charge is 2.31. The Morgan fingerprint density at radius 1 is 1.03 bits per heavy atom. The van der Waals surface area contributed by atoms with E-state index >= 15 is 0 Å². The second kappa shape index (κ2) is 8.15. The average molecular weight is 444 g/mol. The number of aryl methyl sites for hydroxylation is 1. The monoisotopic (exact) mass is 443 g/mol. The molecule has 6 rings (SSSR count). The van der Waals surface area contributed by atoms with Crippen LogP contribution < -0.4 is 4.90 Å². The van der Waals surface area contributed by atoms with E-state index in [2.05, 4.69) is 43.1 Å². The van der Waals surface area contributed by atoms with Gasteiger partial charge in [0, 0.05) is 43.0 Å². The van der Waals surface area contributed by atoms with E-state index in [0.717, 1.165) is 67.2 Å². The van der Waals surface area contributed by atoms with Crippen molar-refractivity contribution in [2.75, 3.05) is 24.5 Å². The Morgan fingerprint density at radius 3 is 2.58 bits per heavy atom. The Morgan fingerprint density at radius 2 is 1.85 bits per heavy atom. The number of nitrogens with zero attached hydrogens (tertiary/aromatic N) is 5. The highest BCUT2D eigenvalue weighted by molar-refractivity contribution is 5.94. The van der Waals surface area contributed by atoms with Gasteiger partial charge in [0.2, 0.25) is 0 Å². The van der Waals surface area contributed by atoms with Crippen molar-refractivity contribution in [2.45, 2.75) is 64.3 Å². The van der Waals surface area contributed by atoms with Crippen molar-refractivity contribution in [1.29, 1.82) is 0 Å². The molecule has 3 aliphatic rings. The molecule has 4 heterocycles. The van der Waals surface area contributed by atoms with Gasteiger partial charge in [0.05, 0.1) is 11.7 Å². The van der Waals surface area contributed by atoms with Gasteiger partial charge < -0.3 is 9.80 Å². The number of hydrogen-bond donors (Lipinski definition) is 0. The third-order valence-electron chi connectivity index (χ3n) is 7.66. The first-order valence-corrected chi connectivity index (χ1v) is 12.6. The van der Waals surface area contributed by atoms with Crippen LogP contribution in [-0.4, -0.2) is 45.0 Å². The second-order valence-corrected chi connectivity index (χ2v) is 10.4. The lowest BCUT2D eigenvalue weighted by atomic mass is 9.98. The number of carbonyl (C=O) groups excluding carboxylic acids is 1. The zero-order chi connectivity index (χ0) is 22.5. The predicted molar refractivity (Wildman–Crippen MR) is 130 cm³/mol. The minimum atomic E-state index is 0.00613. The van der Waals surface area contributed by atoms with E-state index in [4.69, 9.17) is 10.1 Å². The maximum atomic E-state index is 13.5. The fourth-order valence-electron chi connectivity index (χ4n) is 5.59. The highest BCUT2D eigenvalue weighted by atomic mass is 16.2. The van der Waals surface area contributed by atoms with Gasteiger partial charge in [0.1, 0.15) is 5.82 Å². The molecule has 2 atom stereocenters. The SMILES string of the molecule is Cc1cn2nc([C@@H]3CCCCN3C(=O)c3ccc(C4CC4)cc3)cc2nc1N1CC[C@H](C)C1. The number of piperidine rings is 1. The summed E-state index contributed by atoms with van der Waals surface area (Å²) in [7, 11) is 0. The van der Waals surface area contributed by atoms with Crippen LogP contribution in [0.5, 0.6) is 0 Å². The molecule has 33 heavy (non-hydrogen) atoms. The van der Waals surface area contributed by atoms with Gasteiger partial charge in [-0.2, -0.15) is 5.10 Å². The van der Waals surface area contributed by atoms with E-state index < -0.39 is 0 Å². The van der Waals surface area contributed by atoms with Crippen molar-refractivity contribution in [2.24, 2.45) is 5.92 Å². The summed E-state index contributed by atoms with van der Waals surface area (Å²) in [5, 5.41) is 4.89. The lowest BCUT2D eigenvalue weighted by molar-refractivity contribution is 0.0605. The van der Waals surface area contributed by atoms with Gasteiger partial charge in [-0.1, -0.05) is 19.1 Å². The molecule has 2 aliphatic heterocycles. The number of benzene rings is 1. The zero-order valence-electron chi connectivity index (χ0n) is 19.7. The van der Waals surface area contributed by atoms with Crippen molar-refractivity contribution in [3.63, 3.8) is 0 Å². The van der Waals surface area contributed by atoms with Crippen LogP contribution >= 0.6 is 0 Å². The predicted octanol–water partition coefficient (Wildman–Crippen LogP) is 5.13. The number of hydrogen-bond acceptors (Lipinski definition) is 4.